The number of unbranched alkanes of at least 4 members (excludes halogenated alkanes) is 1. The molecule has 1 saturated heterocycles. The van der Waals surface area contributed by atoms with Crippen LogP contribution in [0.3, 0.4) is 0 Å². The first-order valence-electron chi connectivity index (χ1n) is 16.6. The number of amides is 3. The van der Waals surface area contributed by atoms with Gasteiger partial charge in [0.2, 0.25) is 17.7 Å². The van der Waals surface area contributed by atoms with E-state index in [0.29, 0.717) is 18.1 Å². The summed E-state index contributed by atoms with van der Waals surface area (Å²) in [5, 5.41) is 7.21. The van der Waals surface area contributed by atoms with Crippen LogP contribution in [-0.4, -0.2) is 94.9 Å². The molecule has 2 aromatic rings. The zero-order chi connectivity index (χ0) is 35.8. The lowest BCUT2D eigenvalue weighted by Gasteiger charge is -2.30. The third-order valence-corrected chi connectivity index (χ3v) is 9.46. The van der Waals surface area contributed by atoms with Gasteiger partial charge in [-0.15, -0.1) is 13.2 Å². The van der Waals surface area contributed by atoms with Crippen LogP contribution < -0.4 is 20.1 Å². The summed E-state index contributed by atoms with van der Waals surface area (Å²) in [5.74, 6) is 0.168. The van der Waals surface area contributed by atoms with Gasteiger partial charge in [0.05, 0.1) is 20.3 Å². The second kappa shape index (κ2) is 16.4. The smallest absolute Gasteiger partial charge is 0.408 e. The van der Waals surface area contributed by atoms with Crippen molar-refractivity contribution >= 4 is 46.4 Å². The van der Waals surface area contributed by atoms with Crippen LogP contribution >= 0.6 is 11.8 Å². The minimum Gasteiger partial charge on any atom is -0.497 e. The molecule has 12 nitrogen and oxygen atoms in total. The van der Waals surface area contributed by atoms with E-state index in [1.807, 2.05) is 24.3 Å². The fourth-order valence-electron chi connectivity index (χ4n) is 5.80. The van der Waals surface area contributed by atoms with Gasteiger partial charge in [0.25, 0.3) is 0 Å². The highest BCUT2D eigenvalue weighted by Gasteiger charge is 2.62. The van der Waals surface area contributed by atoms with E-state index in [1.165, 1.54) is 16.7 Å². The monoisotopic (exact) mass is 696 g/mol. The van der Waals surface area contributed by atoms with Crippen molar-refractivity contribution in [3.63, 3.8) is 0 Å². The molecule has 13 heteroatoms. The number of alkyl carbamates (subject to hydrolysis) is 1. The topological polar surface area (TPSA) is 145 Å². The normalized spacial score (nSPS) is 22.1. The third-order valence-electron chi connectivity index (χ3n) is 8.32. The summed E-state index contributed by atoms with van der Waals surface area (Å²) in [5.41, 5.74) is -2.04. The molecule has 2 heterocycles. The number of pyridine rings is 1. The highest BCUT2D eigenvalue weighted by atomic mass is 32.2. The van der Waals surface area contributed by atoms with Gasteiger partial charge in [-0.1, -0.05) is 12.2 Å². The molecular weight excluding hydrogens is 648 g/mol. The van der Waals surface area contributed by atoms with Gasteiger partial charge in [0.1, 0.15) is 35.1 Å². The lowest BCUT2D eigenvalue weighted by Crippen LogP contribution is -2.57. The summed E-state index contributed by atoms with van der Waals surface area (Å²) < 4.78 is 22.5. The summed E-state index contributed by atoms with van der Waals surface area (Å²) in [6, 6.07) is 5.34. The lowest BCUT2D eigenvalue weighted by molar-refractivity contribution is -0.150. The molecular formula is C36H48N4O8S. The van der Waals surface area contributed by atoms with Crippen LogP contribution in [0.25, 0.3) is 10.8 Å². The Balaban J connectivity index is 1.63. The van der Waals surface area contributed by atoms with Gasteiger partial charge >= 0.3 is 12.1 Å². The molecule has 3 amide bonds. The predicted octanol–water partition coefficient (Wildman–Crippen LogP) is 4.81. The maximum atomic E-state index is 14.4. The number of esters is 1. The highest BCUT2D eigenvalue weighted by Crippen LogP contribution is 2.45. The van der Waals surface area contributed by atoms with E-state index in [4.69, 9.17) is 18.9 Å². The van der Waals surface area contributed by atoms with Crippen molar-refractivity contribution in [3.8, 4) is 11.6 Å². The van der Waals surface area contributed by atoms with E-state index in [1.54, 1.807) is 53.1 Å². The highest BCUT2D eigenvalue weighted by molar-refractivity contribution is 7.99. The van der Waals surface area contributed by atoms with Crippen molar-refractivity contribution in [2.45, 2.75) is 82.7 Å². The van der Waals surface area contributed by atoms with Gasteiger partial charge in [-0.05, 0) is 82.4 Å². The largest absolute Gasteiger partial charge is 0.497 e. The SMILES string of the molecule is C=CCCCSCC(NC(=O)OC(C)(C)C)C(=O)N1CC(Oc2nccc3cc(OC)ccc23)CC1C(=O)NC1(C(=O)OCC)CC1C=C. The van der Waals surface area contributed by atoms with Crippen LogP contribution in [0.4, 0.5) is 4.79 Å². The van der Waals surface area contributed by atoms with E-state index >= 15 is 0 Å². The molecule has 0 spiro atoms. The quantitative estimate of drug-likeness (QED) is 0.143. The number of carbonyl (C=O) groups is 4. The van der Waals surface area contributed by atoms with Crippen LogP contribution in [0.2, 0.25) is 0 Å². The number of likely N-dealkylation sites (tertiary alicyclic amines) is 1. The molecule has 2 N–H and O–H groups in total. The molecule has 0 bridgehead atoms. The number of rotatable bonds is 16. The molecule has 2 aliphatic rings. The molecule has 1 aromatic heterocycles. The maximum Gasteiger partial charge on any atom is 0.408 e. The minimum atomic E-state index is -1.26. The van der Waals surface area contributed by atoms with Gasteiger partial charge in [-0.2, -0.15) is 11.8 Å². The number of aromatic nitrogens is 1. The Morgan fingerprint density at radius 1 is 1.20 bits per heavy atom. The number of fused-ring (bicyclic) bond motifs is 1. The van der Waals surface area contributed by atoms with E-state index in [-0.39, 0.29) is 31.2 Å². The molecule has 5 unspecified atom stereocenters. The van der Waals surface area contributed by atoms with Crippen molar-refractivity contribution in [2.75, 3.05) is 31.8 Å². The number of nitrogens with one attached hydrogen (secondary N) is 2. The number of methoxy groups -OCH3 is 1. The first-order valence-corrected chi connectivity index (χ1v) is 17.7. The third kappa shape index (κ3) is 9.46. The molecule has 266 valence electrons. The van der Waals surface area contributed by atoms with Gasteiger partial charge in [0, 0.05) is 29.7 Å². The number of carbonyl (C=O) groups excluding carboxylic acids is 4. The Labute approximate surface area is 292 Å². The molecule has 49 heavy (non-hydrogen) atoms. The van der Waals surface area contributed by atoms with Crippen molar-refractivity contribution in [1.29, 1.82) is 0 Å². The van der Waals surface area contributed by atoms with Crippen LogP contribution in [0.5, 0.6) is 11.6 Å². The average Bonchev–Trinajstić information content (AvgIpc) is 3.61. The van der Waals surface area contributed by atoms with E-state index in [2.05, 4.69) is 28.8 Å². The number of thioether (sulfide) groups is 1. The van der Waals surface area contributed by atoms with Gasteiger partial charge in [0.15, 0.2) is 0 Å². The molecule has 1 saturated carbocycles. The number of allylic oxidation sites excluding steroid dienone is 1. The molecule has 5 atom stereocenters. The van der Waals surface area contributed by atoms with Crippen LogP contribution in [0.15, 0.2) is 55.8 Å². The van der Waals surface area contributed by atoms with E-state index < -0.39 is 53.2 Å². The van der Waals surface area contributed by atoms with Crippen LogP contribution in [-0.2, 0) is 23.9 Å². The number of ether oxygens (including phenoxy) is 4. The Kier molecular flexibility index (Phi) is 12.6. The van der Waals surface area contributed by atoms with Crippen molar-refractivity contribution in [2.24, 2.45) is 5.92 Å². The van der Waals surface area contributed by atoms with Crippen molar-refractivity contribution in [3.05, 3.63) is 55.8 Å². The fraction of sp³-hybridized carbons (Fsp3) is 0.528. The second-order valence-corrected chi connectivity index (χ2v) is 14.3. The zero-order valence-electron chi connectivity index (χ0n) is 29.0. The summed E-state index contributed by atoms with van der Waals surface area (Å²) in [6.07, 6.45) is 5.84. The molecule has 0 radical (unpaired) electrons. The van der Waals surface area contributed by atoms with Crippen molar-refractivity contribution < 1.29 is 38.1 Å². The van der Waals surface area contributed by atoms with Crippen LogP contribution in [0, 0.1) is 5.92 Å². The summed E-state index contributed by atoms with van der Waals surface area (Å²) in [7, 11) is 1.59. The number of nitrogens with zero attached hydrogens (tertiary/aromatic N) is 2. The summed E-state index contributed by atoms with van der Waals surface area (Å²) in [6.45, 7) is 14.7. The molecule has 2 fully saturated rings. The molecule has 1 aromatic carbocycles. The number of hydrogen-bond acceptors (Lipinski definition) is 10. The minimum absolute atomic E-state index is 0.0378. The predicted molar refractivity (Wildman–Crippen MR) is 189 cm³/mol. The Hall–Kier alpha value is -4.26. The molecule has 1 aliphatic heterocycles. The Bertz CT molecular complexity index is 1540. The number of hydrogen-bond donors (Lipinski definition) is 2. The van der Waals surface area contributed by atoms with Gasteiger partial charge in [-0.25, -0.2) is 14.6 Å². The zero-order valence-corrected chi connectivity index (χ0v) is 29.8. The molecule has 4 rings (SSSR count). The summed E-state index contributed by atoms with van der Waals surface area (Å²) >= 11 is 1.51. The molecule has 1 aliphatic carbocycles. The maximum absolute atomic E-state index is 14.4. The lowest BCUT2D eigenvalue weighted by atomic mass is 10.1. The standard InChI is InChI=1S/C36H48N4O8S/c1-8-11-12-17-49-22-28(38-34(44)48-35(4,5)6)32(42)40-21-26(47-31-27-14-13-25(45-7)18-23(27)15-16-37-31)19-29(40)30(41)39-36(20-24(36)9-2)33(43)46-10-3/h8-9,13-16,18,24,26,28-29H,1-2,10-12,17,19-22H2,3-7H3,(H,38,44)(H,39,41). The van der Waals surface area contributed by atoms with Crippen LogP contribution in [0.1, 0.15) is 53.4 Å². The average molecular weight is 697 g/mol. The van der Waals surface area contributed by atoms with Crippen molar-refractivity contribution in [1.82, 2.24) is 20.5 Å². The van der Waals surface area contributed by atoms with E-state index in [9.17, 15) is 19.2 Å². The fourth-order valence-corrected chi connectivity index (χ4v) is 6.80. The Morgan fingerprint density at radius 2 is 1.98 bits per heavy atom. The van der Waals surface area contributed by atoms with Gasteiger partial charge < -0.3 is 34.5 Å². The van der Waals surface area contributed by atoms with E-state index in [0.717, 1.165) is 29.4 Å². The second-order valence-electron chi connectivity index (χ2n) is 13.1. The number of benzene rings is 1. The first kappa shape index (κ1) is 37.6. The first-order chi connectivity index (χ1) is 23.3. The summed E-state index contributed by atoms with van der Waals surface area (Å²) in [4.78, 5) is 60.2. The Morgan fingerprint density at radius 3 is 2.63 bits per heavy atom. The van der Waals surface area contributed by atoms with Gasteiger partial charge in [-0.3, -0.25) is 9.59 Å².